The molecule has 1 aromatic carbocycles. The number of likely N-dealkylation sites (tertiary alicyclic amines) is 2. The van der Waals surface area contributed by atoms with Gasteiger partial charge >= 0.3 is 5.97 Å². The van der Waals surface area contributed by atoms with E-state index >= 15 is 0 Å². The third-order valence-electron chi connectivity index (χ3n) is 6.19. The second kappa shape index (κ2) is 9.66. The number of hydrogen-bond acceptors (Lipinski definition) is 4. The number of halogens is 2. The summed E-state index contributed by atoms with van der Waals surface area (Å²) in [6.07, 6.45) is 4.39. The smallest absolute Gasteiger partial charge is 0.320 e. The first-order chi connectivity index (χ1) is 13.3. The van der Waals surface area contributed by atoms with Crippen LogP contribution in [0.25, 0.3) is 0 Å². The van der Waals surface area contributed by atoms with Crippen LogP contribution in [0.1, 0.15) is 38.2 Å². The van der Waals surface area contributed by atoms with Gasteiger partial charge < -0.3 is 14.7 Å². The minimum absolute atomic E-state index is 0.213. The van der Waals surface area contributed by atoms with Crippen molar-refractivity contribution >= 4 is 29.2 Å². The summed E-state index contributed by atoms with van der Waals surface area (Å²) in [6, 6.07) is 3.32. The molecule has 0 amide bonds. The number of benzene rings is 1. The lowest BCUT2D eigenvalue weighted by Crippen LogP contribution is -2.47. The SMILES string of the molecule is Cc1c(OC2CCN(CC3CCN(C(C)C(=O)O)CC3)CC2)ccc(Cl)c1Cl. The molecule has 5 nitrogen and oxygen atoms in total. The van der Waals surface area contributed by atoms with Gasteiger partial charge in [-0.3, -0.25) is 9.69 Å². The summed E-state index contributed by atoms with van der Waals surface area (Å²) in [4.78, 5) is 15.8. The van der Waals surface area contributed by atoms with Gasteiger partial charge in [-0.15, -0.1) is 0 Å². The predicted molar refractivity (Wildman–Crippen MR) is 113 cm³/mol. The Morgan fingerprint density at radius 2 is 1.82 bits per heavy atom. The van der Waals surface area contributed by atoms with E-state index in [0.717, 1.165) is 69.7 Å². The van der Waals surface area contributed by atoms with Crippen molar-refractivity contribution in [2.45, 2.75) is 51.7 Å². The van der Waals surface area contributed by atoms with Crippen LogP contribution in [0.5, 0.6) is 5.75 Å². The van der Waals surface area contributed by atoms with E-state index in [-0.39, 0.29) is 12.1 Å². The summed E-state index contributed by atoms with van der Waals surface area (Å²) in [5.41, 5.74) is 0.902. The van der Waals surface area contributed by atoms with Crippen molar-refractivity contribution in [2.75, 3.05) is 32.7 Å². The van der Waals surface area contributed by atoms with Crippen molar-refractivity contribution < 1.29 is 14.6 Å². The number of aliphatic carboxylic acids is 1. The third-order valence-corrected chi connectivity index (χ3v) is 7.09. The molecule has 2 fully saturated rings. The number of ether oxygens (including phenoxy) is 1. The minimum atomic E-state index is -0.724. The molecule has 0 saturated carbocycles. The van der Waals surface area contributed by atoms with Gasteiger partial charge in [0.2, 0.25) is 0 Å². The number of carboxylic acids is 1. The van der Waals surface area contributed by atoms with Crippen LogP contribution in [-0.4, -0.2) is 65.7 Å². The Balaban J connectivity index is 1.42. The molecule has 2 heterocycles. The fourth-order valence-electron chi connectivity index (χ4n) is 4.20. The number of carbonyl (C=O) groups is 1. The van der Waals surface area contributed by atoms with Crippen molar-refractivity contribution in [1.82, 2.24) is 9.80 Å². The highest BCUT2D eigenvalue weighted by Crippen LogP contribution is 2.33. The number of rotatable bonds is 6. The summed E-state index contributed by atoms with van der Waals surface area (Å²) in [6.45, 7) is 8.67. The van der Waals surface area contributed by atoms with Gasteiger partial charge in [0.1, 0.15) is 17.9 Å². The van der Waals surface area contributed by atoms with E-state index in [4.69, 9.17) is 33.0 Å². The maximum absolute atomic E-state index is 11.1. The summed E-state index contributed by atoms with van der Waals surface area (Å²) < 4.78 is 6.19. The Morgan fingerprint density at radius 1 is 1.18 bits per heavy atom. The summed E-state index contributed by atoms with van der Waals surface area (Å²) in [5, 5.41) is 10.3. The van der Waals surface area contributed by atoms with Gasteiger partial charge in [-0.25, -0.2) is 0 Å². The van der Waals surface area contributed by atoms with Gasteiger partial charge in [0.15, 0.2) is 0 Å². The number of carboxylic acid groups (broad SMARTS) is 1. The Kier molecular flexibility index (Phi) is 7.48. The second-order valence-corrected chi connectivity index (χ2v) is 8.88. The molecular formula is C21H30Cl2N2O3. The van der Waals surface area contributed by atoms with Crippen LogP contribution in [0.3, 0.4) is 0 Å². The van der Waals surface area contributed by atoms with Crippen molar-refractivity contribution in [3.63, 3.8) is 0 Å². The molecule has 0 bridgehead atoms. The quantitative estimate of drug-likeness (QED) is 0.730. The van der Waals surface area contributed by atoms with Crippen LogP contribution in [-0.2, 0) is 4.79 Å². The molecule has 0 spiro atoms. The second-order valence-electron chi connectivity index (χ2n) is 8.10. The Labute approximate surface area is 177 Å². The molecule has 0 aromatic heterocycles. The molecule has 2 aliphatic heterocycles. The number of hydrogen-bond donors (Lipinski definition) is 1. The summed E-state index contributed by atoms with van der Waals surface area (Å²) >= 11 is 12.3. The molecule has 1 aromatic rings. The first kappa shape index (κ1) is 21.7. The zero-order chi connectivity index (χ0) is 20.3. The van der Waals surface area contributed by atoms with E-state index in [1.165, 1.54) is 0 Å². The van der Waals surface area contributed by atoms with Crippen LogP contribution in [0.4, 0.5) is 0 Å². The highest BCUT2D eigenvalue weighted by atomic mass is 35.5. The predicted octanol–water partition coefficient (Wildman–Crippen LogP) is 4.33. The lowest BCUT2D eigenvalue weighted by Gasteiger charge is -2.38. The zero-order valence-electron chi connectivity index (χ0n) is 16.7. The molecule has 3 rings (SSSR count). The van der Waals surface area contributed by atoms with E-state index < -0.39 is 5.97 Å². The van der Waals surface area contributed by atoms with Crippen LogP contribution in [0, 0.1) is 12.8 Å². The van der Waals surface area contributed by atoms with Crippen molar-refractivity contribution in [1.29, 1.82) is 0 Å². The van der Waals surface area contributed by atoms with Gasteiger partial charge in [-0.1, -0.05) is 23.2 Å². The summed E-state index contributed by atoms with van der Waals surface area (Å²) in [7, 11) is 0. The molecule has 2 saturated heterocycles. The average molecular weight is 429 g/mol. The maximum atomic E-state index is 11.1. The molecular weight excluding hydrogens is 399 g/mol. The first-order valence-corrected chi connectivity index (χ1v) is 10.9. The normalized spacial score (nSPS) is 21.6. The van der Waals surface area contributed by atoms with E-state index in [9.17, 15) is 4.79 Å². The molecule has 7 heteroatoms. The molecule has 1 unspecified atom stereocenters. The van der Waals surface area contributed by atoms with Crippen LogP contribution < -0.4 is 4.74 Å². The minimum Gasteiger partial charge on any atom is -0.490 e. The zero-order valence-corrected chi connectivity index (χ0v) is 18.2. The topological polar surface area (TPSA) is 53.0 Å². The van der Waals surface area contributed by atoms with Crippen molar-refractivity contribution in [3.05, 3.63) is 27.7 Å². The van der Waals surface area contributed by atoms with Crippen LogP contribution in [0.15, 0.2) is 12.1 Å². The van der Waals surface area contributed by atoms with Crippen LogP contribution >= 0.6 is 23.2 Å². The number of nitrogens with zero attached hydrogens (tertiary/aromatic N) is 2. The third kappa shape index (κ3) is 5.32. The molecule has 156 valence electrons. The van der Waals surface area contributed by atoms with E-state index in [1.807, 2.05) is 13.0 Å². The molecule has 2 aliphatic rings. The fourth-order valence-corrected chi connectivity index (χ4v) is 4.56. The van der Waals surface area contributed by atoms with Crippen molar-refractivity contribution in [2.24, 2.45) is 5.92 Å². The largest absolute Gasteiger partial charge is 0.490 e. The van der Waals surface area contributed by atoms with E-state index in [1.54, 1.807) is 13.0 Å². The molecule has 1 N–H and O–H groups in total. The first-order valence-electron chi connectivity index (χ1n) is 10.2. The lowest BCUT2D eigenvalue weighted by atomic mass is 9.94. The number of piperidine rings is 2. The standard InChI is InChI=1S/C21H30Cl2N2O3/c1-14-19(4-3-18(22)20(14)23)28-17-7-9-24(10-8-17)13-16-5-11-25(12-6-16)15(2)21(26)27/h3-4,15-17H,5-13H2,1-2H3,(H,26,27). The highest BCUT2D eigenvalue weighted by molar-refractivity contribution is 6.42. The lowest BCUT2D eigenvalue weighted by molar-refractivity contribution is -0.143. The monoisotopic (exact) mass is 428 g/mol. The van der Waals surface area contributed by atoms with Gasteiger partial charge in [0.05, 0.1) is 10.0 Å². The molecule has 28 heavy (non-hydrogen) atoms. The highest BCUT2D eigenvalue weighted by Gasteiger charge is 2.29. The summed E-state index contributed by atoms with van der Waals surface area (Å²) in [5.74, 6) is 0.762. The van der Waals surface area contributed by atoms with Gasteiger partial charge in [-0.2, -0.15) is 0 Å². The van der Waals surface area contributed by atoms with Gasteiger partial charge in [0.25, 0.3) is 0 Å². The van der Waals surface area contributed by atoms with Gasteiger partial charge in [-0.05, 0) is 70.7 Å². The van der Waals surface area contributed by atoms with E-state index in [2.05, 4.69) is 9.80 Å². The van der Waals surface area contributed by atoms with E-state index in [0.29, 0.717) is 16.0 Å². The maximum Gasteiger partial charge on any atom is 0.320 e. The Bertz CT molecular complexity index is 684. The Morgan fingerprint density at radius 3 is 2.43 bits per heavy atom. The molecule has 0 aliphatic carbocycles. The van der Waals surface area contributed by atoms with Gasteiger partial charge in [0, 0.05) is 25.2 Å². The fraction of sp³-hybridized carbons (Fsp3) is 0.667. The molecule has 0 radical (unpaired) electrons. The molecule has 1 atom stereocenters. The Hall–Kier alpha value is -1.01. The van der Waals surface area contributed by atoms with Crippen LogP contribution in [0.2, 0.25) is 10.0 Å². The van der Waals surface area contributed by atoms with Crippen molar-refractivity contribution in [3.8, 4) is 5.75 Å². The average Bonchev–Trinajstić information content (AvgIpc) is 2.70.